The Labute approximate surface area is 161 Å². The van der Waals surface area contributed by atoms with Crippen LogP contribution in [0.1, 0.15) is 21.7 Å². The van der Waals surface area contributed by atoms with Gasteiger partial charge in [-0.1, -0.05) is 34.8 Å². The zero-order chi connectivity index (χ0) is 19.9. The minimum atomic E-state index is -4.87. The average molecular weight is 451 g/mol. The van der Waals surface area contributed by atoms with Crippen molar-refractivity contribution in [2.75, 3.05) is 0 Å². The Bertz CT molecular complexity index is 894. The minimum absolute atomic E-state index is 0.0194. The van der Waals surface area contributed by atoms with E-state index in [1.807, 2.05) is 0 Å². The van der Waals surface area contributed by atoms with Crippen LogP contribution in [0.2, 0.25) is 5.02 Å². The Hall–Kier alpha value is -1.54. The predicted molar refractivity (Wildman–Crippen MR) is 85.0 cm³/mol. The maximum atomic E-state index is 14.2. The van der Waals surface area contributed by atoms with Gasteiger partial charge in [0.15, 0.2) is 17.8 Å². The lowest BCUT2D eigenvalue weighted by Crippen LogP contribution is -2.10. The second-order valence-corrected chi connectivity index (χ2v) is 7.80. The van der Waals surface area contributed by atoms with Crippen molar-refractivity contribution >= 4 is 52.9 Å². The van der Waals surface area contributed by atoms with E-state index in [1.54, 1.807) is 0 Å². The summed E-state index contributed by atoms with van der Waals surface area (Å²) in [6, 6.07) is 2.07. The van der Waals surface area contributed by atoms with Crippen LogP contribution in [0.25, 0.3) is 5.69 Å². The molecule has 0 amide bonds. The maximum absolute atomic E-state index is 14.2. The molecule has 26 heavy (non-hydrogen) atoms. The topological polar surface area (TPSA) is 58.7 Å². The highest BCUT2D eigenvalue weighted by Gasteiger charge is 2.34. The zero-order valence-corrected chi connectivity index (χ0v) is 15.0. The molecule has 0 bridgehead atoms. The summed E-state index contributed by atoms with van der Waals surface area (Å²) in [5.74, 6) is -1.47. The van der Waals surface area contributed by atoms with Crippen LogP contribution in [0.4, 0.5) is 22.0 Å². The SMILES string of the molecule is N#Cc1nn(-c2c(F)cc(C(F)(F)F)cc2Cl)c(C=O)c1SC(F)(Cl)Cl. The van der Waals surface area contributed by atoms with Gasteiger partial charge in [0, 0.05) is 0 Å². The van der Waals surface area contributed by atoms with E-state index in [1.165, 1.54) is 6.07 Å². The first-order valence-electron chi connectivity index (χ1n) is 6.19. The molecule has 0 saturated carbocycles. The number of alkyl halides is 6. The number of hydrogen-bond acceptors (Lipinski definition) is 4. The molecule has 0 N–H and O–H groups in total. The first-order valence-corrected chi connectivity index (χ1v) is 8.14. The van der Waals surface area contributed by atoms with Gasteiger partial charge < -0.3 is 0 Å². The summed E-state index contributed by atoms with van der Waals surface area (Å²) < 4.78 is 63.4. The summed E-state index contributed by atoms with van der Waals surface area (Å²) in [6.45, 7) is 0. The molecule has 0 aliphatic carbocycles. The molecule has 0 saturated heterocycles. The van der Waals surface area contributed by atoms with Gasteiger partial charge in [0.2, 0.25) is 0 Å². The van der Waals surface area contributed by atoms with E-state index in [0.717, 1.165) is 0 Å². The van der Waals surface area contributed by atoms with Gasteiger partial charge in [-0.2, -0.15) is 27.9 Å². The van der Waals surface area contributed by atoms with Crippen molar-refractivity contribution in [2.45, 2.75) is 15.0 Å². The molecule has 0 atom stereocenters. The van der Waals surface area contributed by atoms with E-state index in [4.69, 9.17) is 40.1 Å². The number of carbonyl (C=O) groups is 1. The Morgan fingerprint density at radius 1 is 1.27 bits per heavy atom. The van der Waals surface area contributed by atoms with Crippen LogP contribution in [0, 0.1) is 17.1 Å². The summed E-state index contributed by atoms with van der Waals surface area (Å²) in [6.07, 6.45) is -4.80. The molecule has 4 nitrogen and oxygen atoms in total. The number of rotatable bonds is 4. The fraction of sp³-hybridized carbons (Fsp3) is 0.154. The normalized spacial score (nSPS) is 12.1. The lowest BCUT2D eigenvalue weighted by molar-refractivity contribution is -0.137. The third-order valence-electron chi connectivity index (χ3n) is 2.87. The lowest BCUT2D eigenvalue weighted by Gasteiger charge is -2.12. The molecule has 0 radical (unpaired) electrons. The fourth-order valence-electron chi connectivity index (χ4n) is 1.91. The highest BCUT2D eigenvalue weighted by atomic mass is 35.5. The number of nitriles is 1. The number of aldehydes is 1. The third kappa shape index (κ3) is 4.23. The summed E-state index contributed by atoms with van der Waals surface area (Å²) in [7, 11) is 0. The third-order valence-corrected chi connectivity index (χ3v) is 4.46. The Kier molecular flexibility index (Phi) is 5.77. The molecule has 0 aliphatic heterocycles. The summed E-state index contributed by atoms with van der Waals surface area (Å²) in [5, 5.41) is 11.9. The number of aromatic nitrogens is 2. The van der Waals surface area contributed by atoms with Crippen molar-refractivity contribution in [1.29, 1.82) is 5.26 Å². The largest absolute Gasteiger partial charge is 0.416 e. The van der Waals surface area contributed by atoms with Crippen molar-refractivity contribution < 1.29 is 26.7 Å². The van der Waals surface area contributed by atoms with Crippen molar-refractivity contribution in [3.05, 3.63) is 39.9 Å². The highest BCUT2D eigenvalue weighted by Crippen LogP contribution is 2.44. The van der Waals surface area contributed by atoms with Gasteiger partial charge in [-0.25, -0.2) is 9.07 Å². The van der Waals surface area contributed by atoms with Crippen LogP contribution in [0.15, 0.2) is 17.0 Å². The zero-order valence-electron chi connectivity index (χ0n) is 11.9. The van der Waals surface area contributed by atoms with Crippen LogP contribution in [0.3, 0.4) is 0 Å². The Morgan fingerprint density at radius 2 is 1.88 bits per heavy atom. The van der Waals surface area contributed by atoms with E-state index >= 15 is 0 Å². The van der Waals surface area contributed by atoms with E-state index < -0.39 is 48.5 Å². The molecule has 13 heteroatoms. The molecular formula is C13H3Cl3F5N3OS. The van der Waals surface area contributed by atoms with Gasteiger partial charge >= 0.3 is 10.1 Å². The second-order valence-electron chi connectivity index (χ2n) is 4.54. The average Bonchev–Trinajstić information content (AvgIpc) is 2.81. The molecule has 0 aliphatic rings. The van der Waals surface area contributed by atoms with Crippen molar-refractivity contribution in [3.8, 4) is 11.8 Å². The van der Waals surface area contributed by atoms with Crippen molar-refractivity contribution in [3.63, 3.8) is 0 Å². The van der Waals surface area contributed by atoms with Crippen LogP contribution in [-0.4, -0.2) is 20.0 Å². The standard InChI is InChI=1S/C13H3Cl3F5N3OS/c14-6-1-5(12(18,19)20)2-7(17)10(6)24-9(4-25)11(8(3-22)23-24)26-13(15,16)21/h1-2,4H. The van der Waals surface area contributed by atoms with E-state index in [2.05, 4.69) is 5.10 Å². The fourth-order valence-corrected chi connectivity index (χ4v) is 3.32. The summed E-state index contributed by atoms with van der Waals surface area (Å²) in [4.78, 5) is 10.9. The highest BCUT2D eigenvalue weighted by molar-refractivity contribution is 8.03. The molecule has 0 unspecified atom stereocenters. The number of halogens is 8. The van der Waals surface area contributed by atoms with Crippen LogP contribution in [-0.2, 0) is 6.18 Å². The molecule has 2 rings (SSSR count). The van der Waals surface area contributed by atoms with Gasteiger partial charge in [0.05, 0.1) is 15.5 Å². The molecule has 1 aromatic heterocycles. The van der Waals surface area contributed by atoms with E-state index in [0.29, 0.717) is 10.7 Å². The summed E-state index contributed by atoms with van der Waals surface area (Å²) >= 11 is 16.1. The lowest BCUT2D eigenvalue weighted by atomic mass is 10.2. The molecule has 0 spiro atoms. The quantitative estimate of drug-likeness (QED) is 0.266. The first kappa shape index (κ1) is 20.8. The van der Waals surface area contributed by atoms with E-state index in [9.17, 15) is 26.7 Å². The molecule has 1 heterocycles. The smallest absolute Gasteiger partial charge is 0.296 e. The van der Waals surface area contributed by atoms with Gasteiger partial charge in [-0.3, -0.25) is 4.79 Å². The molecule has 1 aromatic carbocycles. The Morgan fingerprint density at radius 3 is 2.31 bits per heavy atom. The minimum Gasteiger partial charge on any atom is -0.296 e. The van der Waals surface area contributed by atoms with Crippen molar-refractivity contribution in [2.24, 2.45) is 0 Å². The Balaban J connectivity index is 2.74. The number of nitrogens with zero attached hydrogens (tertiary/aromatic N) is 3. The number of carbonyl (C=O) groups excluding carboxylic acids is 1. The van der Waals surface area contributed by atoms with Crippen LogP contribution >= 0.6 is 46.6 Å². The molecule has 0 fully saturated rings. The van der Waals surface area contributed by atoms with E-state index in [-0.39, 0.29) is 24.1 Å². The molecule has 2 aromatic rings. The monoisotopic (exact) mass is 449 g/mol. The van der Waals surface area contributed by atoms with Gasteiger partial charge in [0.1, 0.15) is 17.5 Å². The summed E-state index contributed by atoms with van der Waals surface area (Å²) in [5.41, 5.74) is -3.24. The van der Waals surface area contributed by atoms with Gasteiger partial charge in [-0.15, -0.1) is 0 Å². The maximum Gasteiger partial charge on any atom is 0.416 e. The number of benzene rings is 1. The van der Waals surface area contributed by atoms with Crippen LogP contribution in [0.5, 0.6) is 0 Å². The molecular weight excluding hydrogens is 448 g/mol. The van der Waals surface area contributed by atoms with Gasteiger partial charge in [-0.05, 0) is 23.9 Å². The number of hydrogen-bond donors (Lipinski definition) is 0. The predicted octanol–water partition coefficient (Wildman–Crippen LogP) is 5.52. The van der Waals surface area contributed by atoms with Crippen LogP contribution < -0.4 is 0 Å². The van der Waals surface area contributed by atoms with Crippen molar-refractivity contribution in [1.82, 2.24) is 9.78 Å². The first-order chi connectivity index (χ1) is 11.9. The number of thioether (sulfide) groups is 1. The van der Waals surface area contributed by atoms with Gasteiger partial charge in [0.25, 0.3) is 0 Å². The second kappa shape index (κ2) is 7.23. The molecule has 138 valence electrons.